The molecular weight excluding hydrogens is 902 g/mol. The molecule has 1 fully saturated rings. The molecule has 0 radical (unpaired) electrons. The van der Waals surface area contributed by atoms with Crippen LogP contribution in [0.4, 0.5) is 33.5 Å². The number of hydrogen-bond donors (Lipinski definition) is 5. The molecule has 2 aromatic heterocycles. The van der Waals surface area contributed by atoms with Gasteiger partial charge in [-0.2, -0.15) is 0 Å². The summed E-state index contributed by atoms with van der Waals surface area (Å²) in [4.78, 5) is 79.3. The Morgan fingerprint density at radius 2 is 1.75 bits per heavy atom. The van der Waals surface area contributed by atoms with Gasteiger partial charge in [0, 0.05) is 92.8 Å². The van der Waals surface area contributed by atoms with Crippen LogP contribution in [0, 0.1) is 0 Å². The number of aryl methyl sites for hydroxylation is 1. The Morgan fingerprint density at radius 3 is 2.54 bits per heavy atom. The van der Waals surface area contributed by atoms with Crippen molar-refractivity contribution in [3.63, 3.8) is 0 Å². The van der Waals surface area contributed by atoms with Gasteiger partial charge in [0.05, 0.1) is 40.6 Å². The predicted octanol–water partition coefficient (Wildman–Crippen LogP) is 6.70. The molecule has 5 N–H and O–H groups in total. The Hall–Kier alpha value is -7.96. The van der Waals surface area contributed by atoms with Crippen molar-refractivity contribution in [2.75, 3.05) is 68.8 Å². The van der Waals surface area contributed by atoms with Gasteiger partial charge in [-0.1, -0.05) is 54.6 Å². The molecule has 69 heavy (non-hydrogen) atoms. The highest BCUT2D eigenvalue weighted by atomic mass is 35.5. The molecule has 2 aliphatic heterocycles. The third-order valence-electron chi connectivity index (χ3n) is 11.9. The molecule has 4 heterocycles. The molecule has 1 unspecified atom stereocenters. The van der Waals surface area contributed by atoms with Crippen molar-refractivity contribution in [3.8, 4) is 22.8 Å². The number of fused-ring (bicyclic) bond motifs is 2. The molecule has 8 rings (SSSR count). The normalized spacial score (nSPS) is 14.3. The second-order valence-electron chi connectivity index (χ2n) is 17.0. The van der Waals surface area contributed by atoms with Crippen LogP contribution in [0.25, 0.3) is 22.2 Å². The third-order valence-corrected chi connectivity index (χ3v) is 12.2. The van der Waals surface area contributed by atoms with Gasteiger partial charge in [0.15, 0.2) is 5.75 Å². The van der Waals surface area contributed by atoms with E-state index >= 15 is 0 Å². The number of imide groups is 1. The van der Waals surface area contributed by atoms with Gasteiger partial charge in [0.1, 0.15) is 18.4 Å². The van der Waals surface area contributed by atoms with Gasteiger partial charge in [-0.15, -0.1) is 0 Å². The summed E-state index contributed by atoms with van der Waals surface area (Å²) in [7, 11) is 9.44. The van der Waals surface area contributed by atoms with Gasteiger partial charge < -0.3 is 50.0 Å². The number of likely N-dealkylation sites (N-methyl/N-ethyl adjacent to an activating group) is 2. The summed E-state index contributed by atoms with van der Waals surface area (Å²) in [5.74, 6) is -0.720. The summed E-state index contributed by atoms with van der Waals surface area (Å²) in [5, 5.41) is 15.4. The number of aromatic nitrogens is 3. The second kappa shape index (κ2) is 20.5. The number of para-hydroxylation sites is 2. The van der Waals surface area contributed by atoms with Gasteiger partial charge in [-0.05, 0) is 68.0 Å². The van der Waals surface area contributed by atoms with E-state index in [9.17, 15) is 24.0 Å². The number of rotatable bonds is 17. The van der Waals surface area contributed by atoms with Crippen molar-refractivity contribution < 1.29 is 33.4 Å². The van der Waals surface area contributed by atoms with E-state index in [-0.39, 0.29) is 66.4 Å². The van der Waals surface area contributed by atoms with Crippen molar-refractivity contribution in [2.24, 2.45) is 7.05 Å². The van der Waals surface area contributed by atoms with E-state index in [1.165, 1.54) is 4.90 Å². The molecule has 6 aromatic rings. The lowest BCUT2D eigenvalue weighted by atomic mass is 10.0. The maximum Gasteiger partial charge on any atom is 0.319 e. The maximum atomic E-state index is 13.9. The topological polar surface area (TPSA) is 204 Å². The van der Waals surface area contributed by atoms with E-state index < -0.39 is 23.9 Å². The lowest BCUT2D eigenvalue weighted by molar-refractivity contribution is -0.137. The number of hydrogen-bond acceptors (Lipinski definition) is 12. The van der Waals surface area contributed by atoms with E-state index in [4.69, 9.17) is 26.1 Å². The summed E-state index contributed by atoms with van der Waals surface area (Å²) in [5.41, 5.74) is 6.59. The number of methoxy groups -OCH3 is 1. The number of halogens is 1. The first kappa shape index (κ1) is 47.5. The number of carbonyl (C=O) groups is 5. The second-order valence-corrected chi connectivity index (χ2v) is 17.4. The molecule has 356 valence electrons. The van der Waals surface area contributed by atoms with Crippen molar-refractivity contribution in [1.82, 2.24) is 35.0 Å². The maximum absolute atomic E-state index is 13.9. The Labute approximate surface area is 403 Å². The first-order valence-corrected chi connectivity index (χ1v) is 22.5. The Balaban J connectivity index is 0.931. The summed E-state index contributed by atoms with van der Waals surface area (Å²) in [6.07, 6.45) is 4.14. The zero-order valence-electron chi connectivity index (χ0n) is 38.8. The van der Waals surface area contributed by atoms with Crippen molar-refractivity contribution in [1.29, 1.82) is 0 Å². The molecule has 0 spiro atoms. The largest absolute Gasteiger partial charge is 0.494 e. The highest BCUT2D eigenvalue weighted by molar-refractivity contribution is 6.32. The average Bonchev–Trinajstić information content (AvgIpc) is 3.84. The van der Waals surface area contributed by atoms with Crippen molar-refractivity contribution in [2.45, 2.75) is 32.0 Å². The monoisotopic (exact) mass is 953 g/mol. The number of carbonyl (C=O) groups excluding carboxylic acids is 5. The highest BCUT2D eigenvalue weighted by Crippen LogP contribution is 2.39. The minimum atomic E-state index is -0.730. The smallest absolute Gasteiger partial charge is 0.319 e. The van der Waals surface area contributed by atoms with Crippen LogP contribution in [0.5, 0.6) is 11.5 Å². The summed E-state index contributed by atoms with van der Waals surface area (Å²) in [6.45, 7) is 5.41. The van der Waals surface area contributed by atoms with Crippen LogP contribution in [0.15, 0.2) is 103 Å². The fourth-order valence-electron chi connectivity index (χ4n) is 8.23. The van der Waals surface area contributed by atoms with Gasteiger partial charge in [0.25, 0.3) is 11.8 Å². The van der Waals surface area contributed by atoms with Crippen LogP contribution in [-0.4, -0.2) is 108 Å². The Bertz CT molecular complexity index is 3010. The van der Waals surface area contributed by atoms with Crippen molar-refractivity contribution >= 4 is 80.9 Å². The van der Waals surface area contributed by atoms with Gasteiger partial charge >= 0.3 is 6.03 Å². The Kier molecular flexibility index (Phi) is 14.1. The standard InChI is InChI=1S/C50H52ClN11O7/c1-29(28-69-45-35(51)11-9-12-37(45)57-50(67)53-25-30-14-15-32-31(22-30)26-62(48(32)66)41-16-17-44(63)58-47(41)65)46(64)54-38-23-39(43(68-6)24-42(38)60(4)21-20-59(2)3)56-49-52-19-18-36(55-49)34-27-61(5)40-13-8-7-10-33(34)40/h7-15,18-19,22-24,27,41H,1,16-17,20-21,25-26,28H2,2-6H3,(H,54,64)(H,52,55,56)(H2,53,57,67)(H,58,63,65). The van der Waals surface area contributed by atoms with E-state index in [2.05, 4.69) is 59.7 Å². The summed E-state index contributed by atoms with van der Waals surface area (Å²) >= 11 is 6.58. The minimum Gasteiger partial charge on any atom is -0.494 e. The number of anilines is 5. The summed E-state index contributed by atoms with van der Waals surface area (Å²) in [6, 6.07) is 22.3. The minimum absolute atomic E-state index is 0.0647. The predicted molar refractivity (Wildman–Crippen MR) is 265 cm³/mol. The number of benzene rings is 4. The lowest BCUT2D eigenvalue weighted by Gasteiger charge is -2.29. The van der Waals surface area contributed by atoms with Crippen LogP contribution >= 0.6 is 11.6 Å². The van der Waals surface area contributed by atoms with Gasteiger partial charge in [-0.25, -0.2) is 14.8 Å². The highest BCUT2D eigenvalue weighted by Gasteiger charge is 2.39. The number of nitrogens with one attached hydrogen (secondary N) is 5. The molecule has 18 nitrogen and oxygen atoms in total. The van der Waals surface area contributed by atoms with Gasteiger partial charge in [-0.3, -0.25) is 24.5 Å². The molecule has 2 aliphatic rings. The molecule has 0 bridgehead atoms. The lowest BCUT2D eigenvalue weighted by Crippen LogP contribution is -2.52. The van der Waals surface area contributed by atoms with Crippen LogP contribution < -0.4 is 41.0 Å². The van der Waals surface area contributed by atoms with E-state index in [1.807, 2.05) is 63.6 Å². The quantitative estimate of drug-likeness (QED) is 0.0479. The number of piperidine rings is 1. The molecule has 6 amide bonds. The van der Waals surface area contributed by atoms with Crippen molar-refractivity contribution in [3.05, 3.63) is 125 Å². The first-order chi connectivity index (χ1) is 33.2. The molecule has 4 aromatic carbocycles. The molecule has 19 heteroatoms. The number of amides is 6. The number of ether oxygens (including phenoxy) is 2. The molecule has 1 saturated heterocycles. The van der Waals surface area contributed by atoms with Gasteiger partial charge in [0.2, 0.25) is 17.8 Å². The van der Waals surface area contributed by atoms with E-state index in [1.54, 1.807) is 55.8 Å². The van der Waals surface area contributed by atoms with E-state index in [0.29, 0.717) is 46.4 Å². The van der Waals surface area contributed by atoms with Crippen LogP contribution in [0.3, 0.4) is 0 Å². The zero-order valence-corrected chi connectivity index (χ0v) is 39.6. The SMILES string of the molecule is C=C(COc1c(Cl)cccc1NC(=O)NCc1ccc2c(c1)CN(C1CCC(=O)NC1=O)C2=O)C(=O)Nc1cc(Nc2nccc(-c3cn(C)c4ccccc34)n2)c(OC)cc1N(C)CCN(C)C. The number of nitrogens with zero attached hydrogens (tertiary/aromatic N) is 6. The molecule has 0 aliphatic carbocycles. The first-order valence-electron chi connectivity index (χ1n) is 22.1. The fourth-order valence-corrected chi connectivity index (χ4v) is 8.46. The zero-order chi connectivity index (χ0) is 48.9. The average molecular weight is 954 g/mol. The van der Waals surface area contributed by atoms with Crippen LogP contribution in [0.2, 0.25) is 5.02 Å². The van der Waals surface area contributed by atoms with E-state index in [0.717, 1.165) is 34.3 Å². The molecular formula is C50H52ClN11O7. The van der Waals surface area contributed by atoms with Crippen LogP contribution in [0.1, 0.15) is 34.3 Å². The molecule has 0 saturated carbocycles. The van der Waals surface area contributed by atoms with Crippen LogP contribution in [-0.2, 0) is 34.5 Å². The molecule has 1 atom stereocenters. The number of urea groups is 1. The Morgan fingerprint density at radius 1 is 0.942 bits per heavy atom. The summed E-state index contributed by atoms with van der Waals surface area (Å²) < 4.78 is 14.0. The third kappa shape index (κ3) is 10.6. The fraction of sp³-hybridized carbons (Fsp3) is 0.260.